The van der Waals surface area contributed by atoms with Crippen molar-refractivity contribution in [3.8, 4) is 0 Å². The highest BCUT2D eigenvalue weighted by molar-refractivity contribution is 5.48. The third kappa shape index (κ3) is 3.60. The van der Waals surface area contributed by atoms with Crippen LogP contribution in [0.4, 0.5) is 5.95 Å². The summed E-state index contributed by atoms with van der Waals surface area (Å²) in [7, 11) is 2.14. The molecule has 0 spiro atoms. The summed E-state index contributed by atoms with van der Waals surface area (Å²) in [4.78, 5) is 20.2. The molecule has 2 aliphatic rings. The van der Waals surface area contributed by atoms with Crippen molar-refractivity contribution in [1.29, 1.82) is 0 Å². The van der Waals surface area contributed by atoms with E-state index < -0.39 is 6.98 Å². The predicted molar refractivity (Wildman–Crippen MR) is 114 cm³/mol. The number of aryl methyl sites for hydroxylation is 1. The molecule has 1 fully saturated rings. The molecule has 3 aromatic heterocycles. The summed E-state index contributed by atoms with van der Waals surface area (Å²) < 4.78 is 24.9. The SMILES string of the molecule is [2H]C([2H])([2H])N1CCN(c2nccc3nc(CN(C)C4CCCc5cccnc54)cn23)CC1. The first-order valence-electron chi connectivity index (χ1n) is 11.9. The first-order valence-corrected chi connectivity index (χ1v) is 10.4. The van der Waals surface area contributed by atoms with Crippen molar-refractivity contribution in [2.45, 2.75) is 31.8 Å². The van der Waals surface area contributed by atoms with Gasteiger partial charge >= 0.3 is 0 Å². The molecule has 3 aromatic rings. The van der Waals surface area contributed by atoms with Crippen molar-refractivity contribution < 1.29 is 4.11 Å². The number of nitrogens with zero attached hydrogens (tertiary/aromatic N) is 7. The fourth-order valence-electron chi connectivity index (χ4n) is 4.55. The fourth-order valence-corrected chi connectivity index (χ4v) is 4.55. The summed E-state index contributed by atoms with van der Waals surface area (Å²) in [5.74, 6) is 0.818. The number of hydrogen-bond acceptors (Lipinski definition) is 6. The lowest BCUT2D eigenvalue weighted by Crippen LogP contribution is -2.45. The van der Waals surface area contributed by atoms with Gasteiger partial charge in [0.15, 0.2) is 0 Å². The minimum Gasteiger partial charge on any atom is -0.339 e. The molecule has 0 bridgehead atoms. The molecule has 1 unspecified atom stereocenters. The van der Waals surface area contributed by atoms with Gasteiger partial charge in [0.1, 0.15) is 5.65 Å². The molecule has 0 amide bonds. The standard InChI is InChI=1S/C22H29N7/c1-26-11-13-28(14-12-26)22-24-10-8-20-25-18(16-29(20)22)15-27(2)19-7-3-5-17-6-4-9-23-21(17)19/h4,6,8-10,16,19H,3,5,7,11-15H2,1-2H3/i1D3. The van der Waals surface area contributed by atoms with Gasteiger partial charge < -0.3 is 9.80 Å². The third-order valence-corrected chi connectivity index (χ3v) is 6.08. The molecule has 0 aromatic carbocycles. The van der Waals surface area contributed by atoms with Gasteiger partial charge in [-0.2, -0.15) is 0 Å². The summed E-state index contributed by atoms with van der Waals surface area (Å²) in [5.41, 5.74) is 4.40. The fraction of sp³-hybridized carbons (Fsp3) is 0.500. The molecule has 1 atom stereocenters. The molecule has 1 aliphatic carbocycles. The van der Waals surface area contributed by atoms with Gasteiger partial charge in [-0.15, -0.1) is 0 Å². The van der Waals surface area contributed by atoms with E-state index in [1.54, 1.807) is 11.1 Å². The van der Waals surface area contributed by atoms with Crippen LogP contribution in [0.15, 0.2) is 36.8 Å². The van der Waals surface area contributed by atoms with E-state index in [0.29, 0.717) is 32.2 Å². The molecule has 1 saturated heterocycles. The Hall–Kier alpha value is -2.51. The Bertz CT molecular complexity index is 1090. The highest BCUT2D eigenvalue weighted by Crippen LogP contribution is 2.32. The van der Waals surface area contributed by atoms with E-state index in [0.717, 1.165) is 36.7 Å². The number of piperazine rings is 1. The summed E-state index contributed by atoms with van der Waals surface area (Å²) in [6.07, 6.45) is 9.12. The second-order valence-electron chi connectivity index (χ2n) is 8.05. The van der Waals surface area contributed by atoms with Crippen LogP contribution in [0.25, 0.3) is 5.65 Å². The summed E-state index contributed by atoms with van der Waals surface area (Å²) >= 11 is 0. The van der Waals surface area contributed by atoms with Gasteiger partial charge in [0.2, 0.25) is 5.95 Å². The lowest BCUT2D eigenvalue weighted by molar-refractivity contribution is 0.206. The molecule has 5 rings (SSSR count). The van der Waals surface area contributed by atoms with E-state index in [1.807, 2.05) is 22.7 Å². The zero-order valence-electron chi connectivity index (χ0n) is 19.8. The van der Waals surface area contributed by atoms with E-state index in [4.69, 9.17) is 9.10 Å². The predicted octanol–water partition coefficient (Wildman–Crippen LogP) is 2.39. The van der Waals surface area contributed by atoms with E-state index >= 15 is 0 Å². The van der Waals surface area contributed by atoms with E-state index in [2.05, 4.69) is 39.1 Å². The average molecular weight is 395 g/mol. The van der Waals surface area contributed by atoms with Crippen molar-refractivity contribution in [3.63, 3.8) is 0 Å². The van der Waals surface area contributed by atoms with Gasteiger partial charge in [-0.05, 0) is 51.0 Å². The normalized spacial score (nSPS) is 22.3. The largest absolute Gasteiger partial charge is 0.339 e. The Morgan fingerprint density at radius 1 is 1.17 bits per heavy atom. The van der Waals surface area contributed by atoms with Gasteiger partial charge in [-0.1, -0.05) is 6.07 Å². The van der Waals surface area contributed by atoms with E-state index in [1.165, 1.54) is 17.7 Å². The van der Waals surface area contributed by atoms with Gasteiger partial charge in [0.05, 0.1) is 17.4 Å². The molecule has 7 heteroatoms. The smallest absolute Gasteiger partial charge is 0.211 e. The van der Waals surface area contributed by atoms with Gasteiger partial charge in [0.25, 0.3) is 0 Å². The average Bonchev–Trinajstić information content (AvgIpc) is 3.20. The Morgan fingerprint density at radius 3 is 2.93 bits per heavy atom. The van der Waals surface area contributed by atoms with E-state index in [9.17, 15) is 0 Å². The molecule has 4 heterocycles. The number of fused-ring (bicyclic) bond motifs is 2. The Balaban J connectivity index is 1.34. The lowest BCUT2D eigenvalue weighted by atomic mass is 9.91. The third-order valence-electron chi connectivity index (χ3n) is 6.08. The van der Waals surface area contributed by atoms with Crippen LogP contribution in [0.1, 0.15) is 39.9 Å². The van der Waals surface area contributed by atoms with Crippen molar-refractivity contribution in [1.82, 2.24) is 29.2 Å². The molecule has 152 valence electrons. The molecule has 0 radical (unpaired) electrons. The van der Waals surface area contributed by atoms with Crippen molar-refractivity contribution in [3.05, 3.63) is 53.7 Å². The zero-order chi connectivity index (χ0) is 22.3. The highest BCUT2D eigenvalue weighted by Gasteiger charge is 2.25. The quantitative estimate of drug-likeness (QED) is 0.677. The number of aromatic nitrogens is 4. The van der Waals surface area contributed by atoms with Crippen molar-refractivity contribution in [2.75, 3.05) is 45.1 Å². The Kier molecular flexibility index (Phi) is 4.09. The summed E-state index contributed by atoms with van der Waals surface area (Å²) in [6, 6.07) is 6.44. The second-order valence-corrected chi connectivity index (χ2v) is 8.05. The maximum Gasteiger partial charge on any atom is 0.211 e. The van der Waals surface area contributed by atoms with Crippen LogP contribution in [0.2, 0.25) is 0 Å². The summed E-state index contributed by atoms with van der Waals surface area (Å²) in [5, 5.41) is 0. The van der Waals surface area contributed by atoms with Crippen LogP contribution in [-0.4, -0.2) is 69.4 Å². The van der Waals surface area contributed by atoms with Crippen LogP contribution >= 0.6 is 0 Å². The van der Waals surface area contributed by atoms with Crippen molar-refractivity contribution >= 4 is 11.6 Å². The number of rotatable bonds is 4. The van der Waals surface area contributed by atoms with Crippen LogP contribution in [0.3, 0.4) is 0 Å². The number of anilines is 1. The minimum absolute atomic E-state index is 0.301. The molecule has 0 saturated carbocycles. The second kappa shape index (κ2) is 7.72. The Labute approximate surface area is 176 Å². The number of likely N-dealkylation sites (N-methyl/N-ethyl adjacent to an activating group) is 1. The zero-order valence-corrected chi connectivity index (χ0v) is 16.8. The van der Waals surface area contributed by atoms with Crippen LogP contribution < -0.4 is 4.90 Å². The van der Waals surface area contributed by atoms with E-state index in [-0.39, 0.29) is 0 Å². The van der Waals surface area contributed by atoms with Gasteiger partial charge in [-0.3, -0.25) is 14.3 Å². The number of imidazole rings is 1. The van der Waals surface area contributed by atoms with Crippen LogP contribution in [0, 0.1) is 0 Å². The minimum atomic E-state index is -2.04. The highest BCUT2D eigenvalue weighted by atomic mass is 15.3. The number of pyridine rings is 1. The van der Waals surface area contributed by atoms with Crippen LogP contribution in [0.5, 0.6) is 0 Å². The van der Waals surface area contributed by atoms with Crippen molar-refractivity contribution in [2.24, 2.45) is 0 Å². The summed E-state index contributed by atoms with van der Waals surface area (Å²) in [6.45, 7) is 0.935. The maximum atomic E-state index is 7.63. The molecular formula is C22H29N7. The monoisotopic (exact) mass is 394 g/mol. The number of hydrogen-bond donors (Lipinski definition) is 0. The van der Waals surface area contributed by atoms with Crippen LogP contribution in [-0.2, 0) is 13.0 Å². The molecule has 0 N–H and O–H groups in total. The first-order chi connectivity index (χ1) is 15.4. The molecular weight excluding hydrogens is 362 g/mol. The van der Waals surface area contributed by atoms with Gasteiger partial charge in [-0.25, -0.2) is 9.97 Å². The Morgan fingerprint density at radius 2 is 2.07 bits per heavy atom. The topological polar surface area (TPSA) is 52.8 Å². The van der Waals surface area contributed by atoms with Gasteiger partial charge in [0, 0.05) is 55.4 Å². The maximum absolute atomic E-state index is 7.63. The molecule has 29 heavy (non-hydrogen) atoms. The lowest BCUT2D eigenvalue weighted by Gasteiger charge is -2.33. The molecule has 1 aliphatic heterocycles. The first kappa shape index (κ1) is 15.3. The molecule has 7 nitrogen and oxygen atoms in total.